The van der Waals surface area contributed by atoms with Gasteiger partial charge in [-0.3, -0.25) is 9.59 Å². The molecule has 0 spiro atoms. The second-order valence-corrected chi connectivity index (χ2v) is 9.31. The second-order valence-electron chi connectivity index (χ2n) is 9.31. The minimum absolute atomic E-state index is 0.107. The highest BCUT2D eigenvalue weighted by molar-refractivity contribution is 5.96. The number of hydrogen-bond acceptors (Lipinski definition) is 5. The first-order valence-corrected chi connectivity index (χ1v) is 15.8. The maximum Gasteiger partial charge on any atom is 0.206 e. The SMILES string of the molecule is CC#CC#CC#CC#CC#CC#CC#CC#CC(=O)CCC(OCC)[C@H]1OC[C@H](CC(=O)C#CC#CC#CC#CC#CC#CC#CC#CC)[C@H]1OCC. The predicted octanol–water partition coefficient (Wildman–Crippen LogP) is 2.21. The van der Waals surface area contributed by atoms with Gasteiger partial charge in [0.2, 0.25) is 11.6 Å². The smallest absolute Gasteiger partial charge is 0.206 e. The van der Waals surface area contributed by atoms with E-state index in [9.17, 15) is 9.59 Å². The van der Waals surface area contributed by atoms with Crippen LogP contribution in [0.25, 0.3) is 0 Å². The summed E-state index contributed by atoms with van der Waals surface area (Å²) < 4.78 is 18.0. The Labute approximate surface area is 315 Å². The van der Waals surface area contributed by atoms with Gasteiger partial charge in [0, 0.05) is 32.0 Å². The molecular weight excluding hydrogens is 657 g/mol. The molecule has 5 heteroatoms. The van der Waals surface area contributed by atoms with E-state index in [2.05, 4.69) is 189 Å². The Balaban J connectivity index is 2.71. The van der Waals surface area contributed by atoms with Crippen molar-refractivity contribution in [3.8, 4) is 189 Å². The van der Waals surface area contributed by atoms with Gasteiger partial charge in [-0.05, 0) is 212 Å². The van der Waals surface area contributed by atoms with Gasteiger partial charge in [0.25, 0.3) is 0 Å². The summed E-state index contributed by atoms with van der Waals surface area (Å²) >= 11 is 0. The summed E-state index contributed by atoms with van der Waals surface area (Å²) in [6, 6.07) is 0. The molecule has 0 bridgehead atoms. The van der Waals surface area contributed by atoms with E-state index in [1.165, 1.54) is 0 Å². The average Bonchev–Trinajstić information content (AvgIpc) is 3.54. The highest BCUT2D eigenvalue weighted by Gasteiger charge is 2.43. The highest BCUT2D eigenvalue weighted by atomic mass is 16.6. The van der Waals surface area contributed by atoms with Gasteiger partial charge >= 0.3 is 0 Å². The summed E-state index contributed by atoms with van der Waals surface area (Å²) in [7, 11) is 0. The van der Waals surface area contributed by atoms with Gasteiger partial charge < -0.3 is 14.2 Å². The molecule has 0 aromatic heterocycles. The molecule has 5 nitrogen and oxygen atoms in total. The molecule has 1 heterocycles. The highest BCUT2D eigenvalue weighted by Crippen LogP contribution is 2.31. The third-order valence-electron chi connectivity index (χ3n) is 5.78. The van der Waals surface area contributed by atoms with Crippen LogP contribution in [0, 0.1) is 195 Å². The van der Waals surface area contributed by atoms with Crippen LogP contribution in [0.4, 0.5) is 0 Å². The molecule has 1 fully saturated rings. The van der Waals surface area contributed by atoms with Gasteiger partial charge in [0.05, 0.1) is 18.8 Å². The predicted molar refractivity (Wildman–Crippen MR) is 204 cm³/mol. The van der Waals surface area contributed by atoms with Crippen LogP contribution >= 0.6 is 0 Å². The van der Waals surface area contributed by atoms with Crippen LogP contribution in [0.2, 0.25) is 0 Å². The standard InChI is InChI=1S/C48H28O5/c1-5-9-11-13-15-17-19-21-23-25-27-29-31-33-35-37-44(49)39-40-46(51-7-3)48-47(52-8-4)43(42-53-48)41-45(50)38-36-34-32-30-28-26-24-22-20-18-16-14-12-10-6-2/h43,46-48H,7-8,39-42H2,1-4H3/t43-,46?,47+,48+/m0/s1. The summed E-state index contributed by atoms with van der Waals surface area (Å²) in [6.07, 6.45) is -0.795. The van der Waals surface area contributed by atoms with Crippen LogP contribution in [-0.2, 0) is 23.8 Å². The fourth-order valence-electron chi connectivity index (χ4n) is 3.87. The van der Waals surface area contributed by atoms with Crippen LogP contribution in [0.3, 0.4) is 0 Å². The van der Waals surface area contributed by atoms with E-state index >= 15 is 0 Å². The molecule has 0 N–H and O–H groups in total. The first-order chi connectivity index (χ1) is 26.1. The molecule has 1 rings (SSSR count). The third-order valence-corrected chi connectivity index (χ3v) is 5.78. The van der Waals surface area contributed by atoms with Gasteiger partial charge in [-0.15, -0.1) is 0 Å². The van der Waals surface area contributed by atoms with Gasteiger partial charge in [-0.1, -0.05) is 11.8 Å². The van der Waals surface area contributed by atoms with E-state index in [1.54, 1.807) is 13.8 Å². The Morgan fingerprint density at radius 3 is 1.30 bits per heavy atom. The zero-order valence-electron chi connectivity index (χ0n) is 29.6. The van der Waals surface area contributed by atoms with Crippen molar-refractivity contribution in [3.63, 3.8) is 0 Å². The van der Waals surface area contributed by atoms with Crippen molar-refractivity contribution < 1.29 is 23.8 Å². The molecular formula is C48H28O5. The van der Waals surface area contributed by atoms with Crippen molar-refractivity contribution in [2.45, 2.75) is 65.3 Å². The van der Waals surface area contributed by atoms with E-state index in [0.717, 1.165) is 0 Å². The Morgan fingerprint density at radius 1 is 0.547 bits per heavy atom. The number of carbonyl (C=O) groups excluding carboxylic acids is 2. The fraction of sp³-hybridized carbons (Fsp3) is 0.292. The molecule has 0 saturated carbocycles. The van der Waals surface area contributed by atoms with Crippen molar-refractivity contribution in [2.75, 3.05) is 19.8 Å². The van der Waals surface area contributed by atoms with Gasteiger partial charge in [-0.2, -0.15) is 0 Å². The van der Waals surface area contributed by atoms with E-state index in [-0.39, 0.29) is 36.9 Å². The van der Waals surface area contributed by atoms with Gasteiger partial charge in [0.15, 0.2) is 0 Å². The van der Waals surface area contributed by atoms with E-state index < -0.39 is 18.3 Å². The second kappa shape index (κ2) is 31.4. The molecule has 0 aromatic carbocycles. The molecule has 1 saturated heterocycles. The maximum absolute atomic E-state index is 12.6. The van der Waals surface area contributed by atoms with Crippen LogP contribution in [0.5, 0.6) is 0 Å². The lowest BCUT2D eigenvalue weighted by Gasteiger charge is -2.29. The van der Waals surface area contributed by atoms with E-state index in [4.69, 9.17) is 14.2 Å². The quantitative estimate of drug-likeness (QED) is 0.261. The molecule has 0 amide bonds. The van der Waals surface area contributed by atoms with Gasteiger partial charge in [-0.25, -0.2) is 0 Å². The Morgan fingerprint density at radius 2 is 0.925 bits per heavy atom. The summed E-state index contributed by atoms with van der Waals surface area (Å²) in [5.74, 6) is 79.8. The average molecular weight is 685 g/mol. The zero-order valence-corrected chi connectivity index (χ0v) is 29.6. The molecule has 1 aliphatic rings. The number of Topliss-reactive ketones (excluding diaryl/α,β-unsaturated/α-hetero) is 2. The van der Waals surface area contributed by atoms with Crippen molar-refractivity contribution in [1.29, 1.82) is 0 Å². The first-order valence-electron chi connectivity index (χ1n) is 15.8. The third kappa shape index (κ3) is 23.2. The molecule has 4 atom stereocenters. The van der Waals surface area contributed by atoms with Crippen molar-refractivity contribution in [3.05, 3.63) is 0 Å². The number of carbonyl (C=O) groups is 2. The Bertz CT molecular complexity index is 2430. The topological polar surface area (TPSA) is 61.8 Å². The molecule has 0 radical (unpaired) electrons. The molecule has 53 heavy (non-hydrogen) atoms. The Kier molecular flexibility index (Phi) is 25.6. The fourth-order valence-corrected chi connectivity index (χ4v) is 3.87. The van der Waals surface area contributed by atoms with Crippen LogP contribution in [-0.4, -0.2) is 49.7 Å². The monoisotopic (exact) mass is 684 g/mol. The lowest BCUT2D eigenvalue weighted by atomic mass is 9.92. The van der Waals surface area contributed by atoms with Crippen LogP contribution < -0.4 is 0 Å². The molecule has 1 unspecified atom stereocenters. The summed E-state index contributed by atoms with van der Waals surface area (Å²) in [6.45, 7) is 8.15. The molecule has 250 valence electrons. The maximum atomic E-state index is 12.6. The minimum Gasteiger partial charge on any atom is -0.376 e. The number of hydrogen-bond donors (Lipinski definition) is 0. The number of ketones is 2. The molecule has 0 aromatic rings. The summed E-state index contributed by atoms with van der Waals surface area (Å²) in [5.41, 5.74) is 0. The zero-order chi connectivity index (χ0) is 38.5. The minimum atomic E-state index is -0.481. The van der Waals surface area contributed by atoms with Crippen LogP contribution in [0.15, 0.2) is 0 Å². The molecule has 1 aliphatic heterocycles. The largest absolute Gasteiger partial charge is 0.376 e. The van der Waals surface area contributed by atoms with Crippen molar-refractivity contribution in [1.82, 2.24) is 0 Å². The van der Waals surface area contributed by atoms with E-state index in [0.29, 0.717) is 19.6 Å². The number of rotatable bonds is 10. The summed E-state index contributed by atoms with van der Waals surface area (Å²) in [5, 5.41) is 0. The van der Waals surface area contributed by atoms with Crippen molar-refractivity contribution >= 4 is 11.6 Å². The first kappa shape index (κ1) is 43.2. The lowest BCUT2D eigenvalue weighted by molar-refractivity contribution is -0.118. The molecule has 0 aliphatic carbocycles. The van der Waals surface area contributed by atoms with Crippen LogP contribution in [0.1, 0.15) is 47.0 Å². The lowest BCUT2D eigenvalue weighted by Crippen LogP contribution is -2.41. The summed E-state index contributed by atoms with van der Waals surface area (Å²) in [4.78, 5) is 25.0. The number of ether oxygens (including phenoxy) is 3. The van der Waals surface area contributed by atoms with E-state index in [1.807, 2.05) is 13.8 Å². The Hall–Kier alpha value is -7.82. The normalized spacial score (nSPS) is 13.0. The van der Waals surface area contributed by atoms with Gasteiger partial charge in [0.1, 0.15) is 6.10 Å². The van der Waals surface area contributed by atoms with Crippen molar-refractivity contribution in [2.24, 2.45) is 5.92 Å².